The van der Waals surface area contributed by atoms with E-state index in [0.29, 0.717) is 18.7 Å². The second kappa shape index (κ2) is 11.1. The number of aromatic nitrogens is 1. The van der Waals surface area contributed by atoms with E-state index < -0.39 is 0 Å². The van der Waals surface area contributed by atoms with Gasteiger partial charge >= 0.3 is 0 Å². The van der Waals surface area contributed by atoms with Crippen molar-refractivity contribution in [3.8, 4) is 11.3 Å². The van der Waals surface area contributed by atoms with Gasteiger partial charge < -0.3 is 16.0 Å². The molecule has 4 rings (SSSR count). The highest BCUT2D eigenvalue weighted by molar-refractivity contribution is 6.07. The highest BCUT2D eigenvalue weighted by atomic mass is 16.2. The first-order valence-corrected chi connectivity index (χ1v) is 11.4. The number of para-hydroxylation sites is 2. The van der Waals surface area contributed by atoms with Crippen LogP contribution in [0, 0.1) is 5.92 Å². The topological polar surface area (TPSA) is 83.1 Å². The average Bonchev–Trinajstić information content (AvgIpc) is 2.89. The van der Waals surface area contributed by atoms with Crippen LogP contribution in [0.5, 0.6) is 0 Å². The Morgan fingerprint density at radius 2 is 1.50 bits per heavy atom. The van der Waals surface area contributed by atoms with Crippen LogP contribution in [-0.4, -0.2) is 36.4 Å². The van der Waals surface area contributed by atoms with E-state index in [1.54, 1.807) is 6.92 Å². The summed E-state index contributed by atoms with van der Waals surface area (Å²) in [6, 6.07) is 29.0. The standard InChI is InChI=1S/C28H28N4O2/c1-20(27(33)30-17-16-29-22-12-6-3-7-13-22)19-31-28(34)24-18-26(21-10-4-2-5-11-21)32-25-15-9-8-14-23(24)25/h2-15,18,20,29H,16-17,19H2,1H3,(H,30,33)(H,31,34). The van der Waals surface area contributed by atoms with Crippen molar-refractivity contribution < 1.29 is 9.59 Å². The Bertz CT molecular complexity index is 1260. The van der Waals surface area contributed by atoms with Gasteiger partial charge in [0.25, 0.3) is 5.91 Å². The van der Waals surface area contributed by atoms with Gasteiger partial charge in [0.1, 0.15) is 0 Å². The van der Waals surface area contributed by atoms with Gasteiger partial charge in [-0.15, -0.1) is 0 Å². The van der Waals surface area contributed by atoms with E-state index in [9.17, 15) is 9.59 Å². The lowest BCUT2D eigenvalue weighted by Crippen LogP contribution is -2.39. The number of anilines is 1. The smallest absolute Gasteiger partial charge is 0.252 e. The van der Waals surface area contributed by atoms with Crippen molar-refractivity contribution in [2.24, 2.45) is 5.92 Å². The fraction of sp³-hybridized carbons (Fsp3) is 0.179. The zero-order chi connectivity index (χ0) is 23.8. The van der Waals surface area contributed by atoms with Gasteiger partial charge in [-0.2, -0.15) is 0 Å². The van der Waals surface area contributed by atoms with Gasteiger partial charge in [-0.3, -0.25) is 9.59 Å². The van der Waals surface area contributed by atoms with Crippen LogP contribution in [0.2, 0.25) is 0 Å². The van der Waals surface area contributed by atoms with Crippen LogP contribution >= 0.6 is 0 Å². The molecule has 172 valence electrons. The fourth-order valence-corrected chi connectivity index (χ4v) is 3.68. The predicted octanol–water partition coefficient (Wildman–Crippen LogP) is 4.50. The molecule has 0 radical (unpaired) electrons. The fourth-order valence-electron chi connectivity index (χ4n) is 3.68. The van der Waals surface area contributed by atoms with E-state index in [4.69, 9.17) is 4.98 Å². The Kier molecular flexibility index (Phi) is 7.50. The van der Waals surface area contributed by atoms with Crippen molar-refractivity contribution in [3.05, 3.63) is 96.6 Å². The summed E-state index contributed by atoms with van der Waals surface area (Å²) in [7, 11) is 0. The van der Waals surface area contributed by atoms with Gasteiger partial charge in [0.2, 0.25) is 5.91 Å². The number of nitrogens with one attached hydrogen (secondary N) is 3. The highest BCUT2D eigenvalue weighted by Crippen LogP contribution is 2.24. The number of benzene rings is 3. The molecule has 4 aromatic rings. The molecule has 3 aromatic carbocycles. The minimum Gasteiger partial charge on any atom is -0.383 e. The Morgan fingerprint density at radius 3 is 2.26 bits per heavy atom. The molecule has 6 heteroatoms. The van der Waals surface area contributed by atoms with E-state index in [2.05, 4.69) is 16.0 Å². The van der Waals surface area contributed by atoms with Gasteiger partial charge in [0.05, 0.1) is 22.7 Å². The number of rotatable bonds is 9. The van der Waals surface area contributed by atoms with Gasteiger partial charge in [0, 0.05) is 36.3 Å². The molecule has 34 heavy (non-hydrogen) atoms. The van der Waals surface area contributed by atoms with Crippen molar-refractivity contribution in [1.82, 2.24) is 15.6 Å². The normalized spacial score (nSPS) is 11.6. The maximum atomic E-state index is 13.1. The lowest BCUT2D eigenvalue weighted by atomic mass is 10.0. The van der Waals surface area contributed by atoms with Crippen molar-refractivity contribution in [2.45, 2.75) is 6.92 Å². The van der Waals surface area contributed by atoms with Gasteiger partial charge in [-0.05, 0) is 24.3 Å². The molecule has 2 amide bonds. The number of nitrogens with zero attached hydrogens (tertiary/aromatic N) is 1. The molecule has 1 aromatic heterocycles. The first kappa shape index (κ1) is 23.0. The lowest BCUT2D eigenvalue weighted by Gasteiger charge is -2.15. The van der Waals surface area contributed by atoms with E-state index >= 15 is 0 Å². The molecule has 0 spiro atoms. The van der Waals surface area contributed by atoms with Gasteiger partial charge in [0.15, 0.2) is 0 Å². The molecule has 0 aliphatic rings. The molecule has 1 atom stereocenters. The summed E-state index contributed by atoms with van der Waals surface area (Å²) < 4.78 is 0. The quantitative estimate of drug-likeness (QED) is 0.327. The molecule has 0 fully saturated rings. The van der Waals surface area contributed by atoms with Crippen molar-refractivity contribution >= 4 is 28.4 Å². The first-order valence-electron chi connectivity index (χ1n) is 11.4. The minimum absolute atomic E-state index is 0.0975. The largest absolute Gasteiger partial charge is 0.383 e. The summed E-state index contributed by atoms with van der Waals surface area (Å²) in [6.07, 6.45) is 0. The molecule has 0 saturated heterocycles. The predicted molar refractivity (Wildman–Crippen MR) is 137 cm³/mol. The Balaban J connectivity index is 1.36. The summed E-state index contributed by atoms with van der Waals surface area (Å²) in [4.78, 5) is 30.3. The van der Waals surface area contributed by atoms with Crippen molar-refractivity contribution in [2.75, 3.05) is 25.0 Å². The maximum Gasteiger partial charge on any atom is 0.252 e. The zero-order valence-corrected chi connectivity index (χ0v) is 19.1. The molecular weight excluding hydrogens is 424 g/mol. The second-order valence-electron chi connectivity index (χ2n) is 8.13. The summed E-state index contributed by atoms with van der Waals surface area (Å²) in [5, 5.41) is 9.87. The number of hydrogen-bond acceptors (Lipinski definition) is 4. The third-order valence-corrected chi connectivity index (χ3v) is 5.57. The number of pyridine rings is 1. The van der Waals surface area contributed by atoms with Gasteiger partial charge in [-0.25, -0.2) is 4.98 Å². The zero-order valence-electron chi connectivity index (χ0n) is 19.1. The van der Waals surface area contributed by atoms with Crippen molar-refractivity contribution in [3.63, 3.8) is 0 Å². The number of carbonyl (C=O) groups is 2. The summed E-state index contributed by atoms with van der Waals surface area (Å²) in [5.74, 6) is -0.678. The molecular formula is C28H28N4O2. The third kappa shape index (κ3) is 5.78. The van der Waals surface area contributed by atoms with E-state index in [1.165, 1.54) is 0 Å². The highest BCUT2D eigenvalue weighted by Gasteiger charge is 2.17. The SMILES string of the molecule is CC(CNC(=O)c1cc(-c2ccccc2)nc2ccccc12)C(=O)NCCNc1ccccc1. The van der Waals surface area contributed by atoms with Crippen LogP contribution in [0.15, 0.2) is 91.0 Å². The monoisotopic (exact) mass is 452 g/mol. The lowest BCUT2D eigenvalue weighted by molar-refractivity contribution is -0.124. The number of amides is 2. The van der Waals surface area contributed by atoms with Crippen molar-refractivity contribution in [1.29, 1.82) is 0 Å². The Hall–Kier alpha value is -4.19. The van der Waals surface area contributed by atoms with Crippen LogP contribution in [0.4, 0.5) is 5.69 Å². The molecule has 0 aliphatic heterocycles. The second-order valence-corrected chi connectivity index (χ2v) is 8.13. The number of hydrogen-bond donors (Lipinski definition) is 3. The molecule has 0 bridgehead atoms. The van der Waals surface area contributed by atoms with E-state index in [0.717, 1.165) is 27.8 Å². The number of carbonyl (C=O) groups excluding carboxylic acids is 2. The van der Waals surface area contributed by atoms with Crippen LogP contribution in [-0.2, 0) is 4.79 Å². The molecule has 0 aliphatic carbocycles. The van der Waals surface area contributed by atoms with Crippen LogP contribution in [0.3, 0.4) is 0 Å². The average molecular weight is 453 g/mol. The third-order valence-electron chi connectivity index (χ3n) is 5.57. The van der Waals surface area contributed by atoms with Gasteiger partial charge in [-0.1, -0.05) is 73.7 Å². The molecule has 6 nitrogen and oxygen atoms in total. The Labute approximate surface area is 199 Å². The molecule has 1 unspecified atom stereocenters. The first-order chi connectivity index (χ1) is 16.6. The van der Waals surface area contributed by atoms with E-state index in [1.807, 2.05) is 91.0 Å². The van der Waals surface area contributed by atoms with Crippen LogP contribution in [0.1, 0.15) is 17.3 Å². The Morgan fingerprint density at radius 1 is 0.824 bits per heavy atom. The minimum atomic E-state index is -0.359. The van der Waals surface area contributed by atoms with Crippen LogP contribution in [0.25, 0.3) is 22.2 Å². The molecule has 0 saturated carbocycles. The summed E-state index contributed by atoms with van der Waals surface area (Å²) in [6.45, 7) is 3.18. The van der Waals surface area contributed by atoms with E-state index in [-0.39, 0.29) is 24.3 Å². The number of fused-ring (bicyclic) bond motifs is 1. The molecule has 1 heterocycles. The maximum absolute atomic E-state index is 13.1. The van der Waals surface area contributed by atoms with Crippen LogP contribution < -0.4 is 16.0 Å². The summed E-state index contributed by atoms with van der Waals surface area (Å²) >= 11 is 0. The molecule has 3 N–H and O–H groups in total. The summed E-state index contributed by atoms with van der Waals surface area (Å²) in [5.41, 5.74) is 3.99.